The van der Waals surface area contributed by atoms with Crippen molar-refractivity contribution < 1.29 is 13.2 Å². The van der Waals surface area contributed by atoms with Gasteiger partial charge >= 0.3 is 0 Å². The Morgan fingerprint density at radius 1 is 0.952 bits per heavy atom. The van der Waals surface area contributed by atoms with Gasteiger partial charge in [0.2, 0.25) is 0 Å². The van der Waals surface area contributed by atoms with Gasteiger partial charge < -0.3 is 5.73 Å². The Balaban J connectivity index is 2.08. The van der Waals surface area contributed by atoms with Crippen LogP contribution in [-0.4, -0.2) is 4.98 Å². The summed E-state index contributed by atoms with van der Waals surface area (Å²) in [5.74, 6) is -4.00. The highest BCUT2D eigenvalue weighted by Gasteiger charge is 2.19. The molecule has 5 heteroatoms. The minimum atomic E-state index is -1.51. The first-order chi connectivity index (χ1) is 10.1. The highest BCUT2D eigenvalue weighted by molar-refractivity contribution is 5.79. The first kappa shape index (κ1) is 13.6. The Hall–Kier alpha value is -2.40. The van der Waals surface area contributed by atoms with Crippen LogP contribution in [0.2, 0.25) is 0 Å². The molecule has 2 N–H and O–H groups in total. The molecule has 3 aromatic rings. The number of rotatable bonds is 2. The summed E-state index contributed by atoms with van der Waals surface area (Å²) in [6.07, 6.45) is 1.66. The van der Waals surface area contributed by atoms with E-state index in [1.165, 1.54) is 0 Å². The number of nitrogens with zero attached hydrogens (tertiary/aromatic N) is 1. The summed E-state index contributed by atoms with van der Waals surface area (Å²) in [5, 5.41) is 0.841. The standard InChI is InChI=1S/C16H11F3N2/c17-12-5-4-11(14(18)15(12)19)16(20)10-3-6-13-9(8-10)2-1-7-21-13/h1-8,16H,20H2. The Bertz CT molecular complexity index is 818. The molecule has 1 aromatic heterocycles. The molecule has 106 valence electrons. The molecule has 0 amide bonds. The van der Waals surface area contributed by atoms with Crippen LogP contribution in [0.1, 0.15) is 17.2 Å². The van der Waals surface area contributed by atoms with Gasteiger partial charge in [0.15, 0.2) is 17.5 Å². The molecular formula is C16H11F3N2. The van der Waals surface area contributed by atoms with E-state index in [4.69, 9.17) is 5.73 Å². The topological polar surface area (TPSA) is 38.9 Å². The van der Waals surface area contributed by atoms with Crippen molar-refractivity contribution >= 4 is 10.9 Å². The van der Waals surface area contributed by atoms with Gasteiger partial charge in [0, 0.05) is 17.1 Å². The maximum atomic E-state index is 13.8. The Kier molecular flexibility index (Phi) is 3.35. The number of hydrogen-bond acceptors (Lipinski definition) is 2. The molecule has 0 radical (unpaired) electrons. The third kappa shape index (κ3) is 2.36. The van der Waals surface area contributed by atoms with Crippen molar-refractivity contribution in [3.8, 4) is 0 Å². The highest BCUT2D eigenvalue weighted by atomic mass is 19.2. The largest absolute Gasteiger partial charge is 0.320 e. The first-order valence-corrected chi connectivity index (χ1v) is 6.31. The molecule has 1 unspecified atom stereocenters. The summed E-state index contributed by atoms with van der Waals surface area (Å²) < 4.78 is 40.1. The van der Waals surface area contributed by atoms with Crippen molar-refractivity contribution in [3.63, 3.8) is 0 Å². The second-order valence-corrected chi connectivity index (χ2v) is 4.70. The van der Waals surface area contributed by atoms with Gasteiger partial charge in [-0.1, -0.05) is 18.2 Å². The molecule has 2 nitrogen and oxygen atoms in total. The SMILES string of the molecule is NC(c1ccc2ncccc2c1)c1ccc(F)c(F)c1F. The maximum Gasteiger partial charge on any atom is 0.194 e. The quantitative estimate of drug-likeness (QED) is 0.730. The molecule has 0 spiro atoms. The second kappa shape index (κ2) is 5.18. The Morgan fingerprint density at radius 2 is 1.76 bits per heavy atom. The van der Waals surface area contributed by atoms with E-state index in [9.17, 15) is 13.2 Å². The zero-order valence-corrected chi connectivity index (χ0v) is 10.9. The van der Waals surface area contributed by atoms with Crippen LogP contribution in [0.15, 0.2) is 48.7 Å². The van der Waals surface area contributed by atoms with E-state index in [2.05, 4.69) is 4.98 Å². The number of benzene rings is 2. The summed E-state index contributed by atoms with van der Waals surface area (Å²) in [6, 6.07) is 9.97. The lowest BCUT2D eigenvalue weighted by Crippen LogP contribution is -2.15. The highest BCUT2D eigenvalue weighted by Crippen LogP contribution is 2.26. The molecule has 0 aliphatic rings. The summed E-state index contributed by atoms with van der Waals surface area (Å²) in [7, 11) is 0. The molecule has 0 saturated heterocycles. The lowest BCUT2D eigenvalue weighted by Gasteiger charge is -2.14. The predicted octanol–water partition coefficient (Wildman–Crippen LogP) is 3.70. The van der Waals surface area contributed by atoms with Crippen LogP contribution in [0, 0.1) is 17.5 Å². The van der Waals surface area contributed by atoms with E-state index in [1.54, 1.807) is 30.5 Å². The third-order valence-corrected chi connectivity index (χ3v) is 3.39. The summed E-state index contributed by atoms with van der Waals surface area (Å²) in [4.78, 5) is 4.17. The van der Waals surface area contributed by atoms with Crippen LogP contribution in [0.5, 0.6) is 0 Å². The minimum Gasteiger partial charge on any atom is -0.320 e. The molecule has 1 heterocycles. The van der Waals surface area contributed by atoms with E-state index in [1.807, 2.05) is 6.07 Å². The van der Waals surface area contributed by atoms with Gasteiger partial charge in [-0.25, -0.2) is 13.2 Å². The van der Waals surface area contributed by atoms with Crippen LogP contribution in [0.4, 0.5) is 13.2 Å². The molecule has 3 rings (SSSR count). The van der Waals surface area contributed by atoms with Gasteiger partial charge in [-0.05, 0) is 29.8 Å². The van der Waals surface area contributed by atoms with E-state index in [0.29, 0.717) is 5.56 Å². The van der Waals surface area contributed by atoms with E-state index in [-0.39, 0.29) is 5.56 Å². The van der Waals surface area contributed by atoms with E-state index < -0.39 is 23.5 Å². The van der Waals surface area contributed by atoms with Gasteiger partial charge in [-0.3, -0.25) is 4.98 Å². The Labute approximate surface area is 119 Å². The second-order valence-electron chi connectivity index (χ2n) is 4.70. The molecule has 21 heavy (non-hydrogen) atoms. The predicted molar refractivity (Wildman–Crippen MR) is 74.1 cm³/mol. The van der Waals surface area contributed by atoms with E-state index >= 15 is 0 Å². The van der Waals surface area contributed by atoms with Crippen LogP contribution in [0.25, 0.3) is 10.9 Å². The van der Waals surface area contributed by atoms with Crippen LogP contribution in [-0.2, 0) is 0 Å². The van der Waals surface area contributed by atoms with Crippen molar-refractivity contribution in [3.05, 3.63) is 77.2 Å². The van der Waals surface area contributed by atoms with Crippen molar-refractivity contribution in [2.45, 2.75) is 6.04 Å². The number of fused-ring (bicyclic) bond motifs is 1. The average Bonchev–Trinajstić information content (AvgIpc) is 2.52. The molecule has 0 saturated carbocycles. The van der Waals surface area contributed by atoms with Crippen LogP contribution >= 0.6 is 0 Å². The number of hydrogen-bond donors (Lipinski definition) is 1. The summed E-state index contributed by atoms with van der Waals surface area (Å²) in [5.41, 5.74) is 7.27. The molecule has 2 aromatic carbocycles. The molecule has 0 fully saturated rings. The van der Waals surface area contributed by atoms with Crippen LogP contribution < -0.4 is 5.73 Å². The number of aromatic nitrogens is 1. The number of nitrogens with two attached hydrogens (primary N) is 1. The number of pyridine rings is 1. The summed E-state index contributed by atoms with van der Waals surface area (Å²) >= 11 is 0. The van der Waals surface area contributed by atoms with Gasteiger partial charge in [-0.15, -0.1) is 0 Å². The first-order valence-electron chi connectivity index (χ1n) is 6.31. The maximum absolute atomic E-state index is 13.8. The number of halogens is 3. The zero-order chi connectivity index (χ0) is 15.0. The fourth-order valence-corrected chi connectivity index (χ4v) is 2.25. The van der Waals surface area contributed by atoms with Crippen molar-refractivity contribution in [2.24, 2.45) is 5.73 Å². The molecule has 0 aliphatic heterocycles. The molecular weight excluding hydrogens is 277 g/mol. The fraction of sp³-hybridized carbons (Fsp3) is 0.0625. The molecule has 0 aliphatic carbocycles. The smallest absolute Gasteiger partial charge is 0.194 e. The van der Waals surface area contributed by atoms with Crippen molar-refractivity contribution in [1.29, 1.82) is 0 Å². The lowest BCUT2D eigenvalue weighted by atomic mass is 9.97. The van der Waals surface area contributed by atoms with Crippen molar-refractivity contribution in [2.75, 3.05) is 0 Å². The monoisotopic (exact) mass is 288 g/mol. The van der Waals surface area contributed by atoms with Gasteiger partial charge in [0.25, 0.3) is 0 Å². The fourth-order valence-electron chi connectivity index (χ4n) is 2.25. The third-order valence-electron chi connectivity index (χ3n) is 3.39. The van der Waals surface area contributed by atoms with Gasteiger partial charge in [0.05, 0.1) is 11.6 Å². The van der Waals surface area contributed by atoms with Gasteiger partial charge in [0.1, 0.15) is 0 Å². The summed E-state index contributed by atoms with van der Waals surface area (Å²) in [6.45, 7) is 0. The zero-order valence-electron chi connectivity index (χ0n) is 10.9. The van der Waals surface area contributed by atoms with Crippen LogP contribution in [0.3, 0.4) is 0 Å². The molecule has 0 bridgehead atoms. The van der Waals surface area contributed by atoms with Gasteiger partial charge in [-0.2, -0.15) is 0 Å². The minimum absolute atomic E-state index is 0.0860. The molecule has 1 atom stereocenters. The van der Waals surface area contributed by atoms with E-state index in [0.717, 1.165) is 23.0 Å². The normalized spacial score (nSPS) is 12.6. The van der Waals surface area contributed by atoms with Crippen molar-refractivity contribution in [1.82, 2.24) is 4.98 Å². The Morgan fingerprint density at radius 3 is 2.57 bits per heavy atom. The lowest BCUT2D eigenvalue weighted by molar-refractivity contribution is 0.438. The average molecular weight is 288 g/mol.